The molecule has 0 bridgehead atoms. The molecule has 0 aromatic heterocycles. The molecule has 1 aliphatic rings. The highest BCUT2D eigenvalue weighted by atomic mass is 16.2. The van der Waals surface area contributed by atoms with E-state index >= 15 is 0 Å². The third-order valence-electron chi connectivity index (χ3n) is 2.87. The predicted molar refractivity (Wildman–Crippen MR) is 61.7 cm³/mol. The Morgan fingerprint density at radius 1 is 1.50 bits per heavy atom. The maximum atomic E-state index is 11.9. The van der Waals surface area contributed by atoms with Crippen LogP contribution in [-0.2, 0) is 9.59 Å². The highest BCUT2D eigenvalue weighted by Gasteiger charge is 2.31. The zero-order chi connectivity index (χ0) is 12.1. The minimum atomic E-state index is -0.301. The maximum absolute atomic E-state index is 11.9. The molecule has 1 aliphatic heterocycles. The van der Waals surface area contributed by atoms with Gasteiger partial charge in [0, 0.05) is 26.1 Å². The number of piperidine rings is 1. The molecule has 16 heavy (non-hydrogen) atoms. The van der Waals surface area contributed by atoms with E-state index in [1.165, 1.54) is 0 Å². The lowest BCUT2D eigenvalue weighted by Crippen LogP contribution is -2.52. The topological polar surface area (TPSA) is 75.4 Å². The molecule has 3 N–H and O–H groups in total. The summed E-state index contributed by atoms with van der Waals surface area (Å²) in [6.07, 6.45) is 3.04. The molecule has 2 amide bonds. The third-order valence-corrected chi connectivity index (χ3v) is 2.87. The van der Waals surface area contributed by atoms with Crippen LogP contribution in [0.3, 0.4) is 0 Å². The minimum Gasteiger partial charge on any atom is -0.357 e. The Bertz CT molecular complexity index is 266. The van der Waals surface area contributed by atoms with Crippen molar-refractivity contribution in [2.75, 3.05) is 13.6 Å². The zero-order valence-corrected chi connectivity index (χ0v) is 10.0. The van der Waals surface area contributed by atoms with Crippen molar-refractivity contribution in [1.29, 1.82) is 0 Å². The van der Waals surface area contributed by atoms with E-state index in [4.69, 9.17) is 5.73 Å². The molecule has 5 nitrogen and oxygen atoms in total. The molecular weight excluding hydrogens is 206 g/mol. The number of nitrogens with one attached hydrogen (secondary N) is 1. The van der Waals surface area contributed by atoms with Crippen LogP contribution in [0.5, 0.6) is 0 Å². The fourth-order valence-electron chi connectivity index (χ4n) is 2.06. The molecule has 5 heteroatoms. The van der Waals surface area contributed by atoms with Crippen LogP contribution in [-0.4, -0.2) is 42.4 Å². The molecule has 0 aliphatic carbocycles. The number of hydrogen-bond donors (Lipinski definition) is 2. The average molecular weight is 227 g/mol. The number of likely N-dealkylation sites (N-methyl/N-ethyl adjacent to an activating group) is 1. The Morgan fingerprint density at radius 3 is 2.75 bits per heavy atom. The first-order chi connectivity index (χ1) is 7.56. The van der Waals surface area contributed by atoms with Gasteiger partial charge < -0.3 is 16.0 Å². The van der Waals surface area contributed by atoms with Crippen LogP contribution in [0.25, 0.3) is 0 Å². The van der Waals surface area contributed by atoms with Crippen LogP contribution in [0, 0.1) is 0 Å². The molecule has 2 unspecified atom stereocenters. The number of rotatable bonds is 3. The SMILES string of the molecule is CNC(=O)C1CCCCN1C(=O)CC(C)N. The minimum absolute atomic E-state index is 0.0108. The summed E-state index contributed by atoms with van der Waals surface area (Å²) in [6.45, 7) is 2.47. The summed E-state index contributed by atoms with van der Waals surface area (Å²) in [4.78, 5) is 25.2. The van der Waals surface area contributed by atoms with Gasteiger partial charge in [-0.25, -0.2) is 0 Å². The normalized spacial score (nSPS) is 22.7. The van der Waals surface area contributed by atoms with E-state index in [1.807, 2.05) is 0 Å². The highest BCUT2D eigenvalue weighted by molar-refractivity contribution is 5.87. The van der Waals surface area contributed by atoms with Crippen molar-refractivity contribution >= 4 is 11.8 Å². The molecule has 1 saturated heterocycles. The Balaban J connectivity index is 2.66. The number of amides is 2. The number of likely N-dealkylation sites (tertiary alicyclic amines) is 1. The largest absolute Gasteiger partial charge is 0.357 e. The predicted octanol–water partition coefficient (Wildman–Crippen LogP) is -0.149. The van der Waals surface area contributed by atoms with Crippen LogP contribution in [0.15, 0.2) is 0 Å². The summed E-state index contributed by atoms with van der Waals surface area (Å²) >= 11 is 0. The highest BCUT2D eigenvalue weighted by Crippen LogP contribution is 2.18. The lowest BCUT2D eigenvalue weighted by atomic mass is 10.0. The van der Waals surface area contributed by atoms with Gasteiger partial charge in [0.15, 0.2) is 0 Å². The molecule has 1 rings (SSSR count). The number of carbonyl (C=O) groups is 2. The summed E-state index contributed by atoms with van der Waals surface area (Å²) in [5.74, 6) is -0.0824. The second-order valence-corrected chi connectivity index (χ2v) is 4.39. The number of carbonyl (C=O) groups excluding carboxylic acids is 2. The lowest BCUT2D eigenvalue weighted by Gasteiger charge is -2.34. The standard InChI is InChI=1S/C11H21N3O2/c1-8(12)7-10(15)14-6-4-3-5-9(14)11(16)13-2/h8-9H,3-7,12H2,1-2H3,(H,13,16). The van der Waals surface area contributed by atoms with Gasteiger partial charge in [0.05, 0.1) is 0 Å². The van der Waals surface area contributed by atoms with Crippen molar-refractivity contribution in [3.8, 4) is 0 Å². The molecule has 1 heterocycles. The number of nitrogens with zero attached hydrogens (tertiary/aromatic N) is 1. The second kappa shape index (κ2) is 5.84. The van der Waals surface area contributed by atoms with Gasteiger partial charge in [0.2, 0.25) is 11.8 Å². The van der Waals surface area contributed by atoms with E-state index in [2.05, 4.69) is 5.32 Å². The Labute approximate surface area is 96.4 Å². The van der Waals surface area contributed by atoms with Gasteiger partial charge in [-0.2, -0.15) is 0 Å². The van der Waals surface area contributed by atoms with Gasteiger partial charge in [-0.15, -0.1) is 0 Å². The van der Waals surface area contributed by atoms with Crippen LogP contribution in [0.4, 0.5) is 0 Å². The molecule has 1 fully saturated rings. The summed E-state index contributed by atoms with van der Waals surface area (Å²) in [7, 11) is 1.60. The van der Waals surface area contributed by atoms with Gasteiger partial charge >= 0.3 is 0 Å². The van der Waals surface area contributed by atoms with E-state index < -0.39 is 0 Å². The quantitative estimate of drug-likeness (QED) is 0.704. The Hall–Kier alpha value is -1.10. The van der Waals surface area contributed by atoms with E-state index in [9.17, 15) is 9.59 Å². The van der Waals surface area contributed by atoms with Crippen molar-refractivity contribution in [2.24, 2.45) is 5.73 Å². The second-order valence-electron chi connectivity index (χ2n) is 4.39. The van der Waals surface area contributed by atoms with E-state index in [0.717, 1.165) is 19.3 Å². The summed E-state index contributed by atoms with van der Waals surface area (Å²) in [5, 5.41) is 2.61. The molecular formula is C11H21N3O2. The van der Waals surface area contributed by atoms with Crippen LogP contribution >= 0.6 is 0 Å². The van der Waals surface area contributed by atoms with Gasteiger partial charge in [-0.1, -0.05) is 0 Å². The molecule has 0 aromatic carbocycles. The van der Waals surface area contributed by atoms with E-state index in [1.54, 1.807) is 18.9 Å². The van der Waals surface area contributed by atoms with Crippen LogP contribution < -0.4 is 11.1 Å². The molecule has 0 spiro atoms. The molecule has 92 valence electrons. The fourth-order valence-corrected chi connectivity index (χ4v) is 2.06. The first-order valence-corrected chi connectivity index (χ1v) is 5.83. The number of hydrogen-bond acceptors (Lipinski definition) is 3. The fraction of sp³-hybridized carbons (Fsp3) is 0.818. The molecule has 0 aromatic rings. The van der Waals surface area contributed by atoms with Gasteiger partial charge in [-0.05, 0) is 26.2 Å². The van der Waals surface area contributed by atoms with E-state index in [0.29, 0.717) is 13.0 Å². The van der Waals surface area contributed by atoms with E-state index in [-0.39, 0.29) is 23.9 Å². The Kier molecular flexibility index (Phi) is 4.73. The molecule has 0 radical (unpaired) electrons. The first kappa shape index (κ1) is 13.0. The number of nitrogens with two attached hydrogens (primary N) is 1. The van der Waals surface area contributed by atoms with Crippen molar-refractivity contribution in [2.45, 2.75) is 44.7 Å². The van der Waals surface area contributed by atoms with Crippen molar-refractivity contribution in [1.82, 2.24) is 10.2 Å². The summed E-state index contributed by atoms with van der Waals surface area (Å²) in [6, 6.07) is -0.454. The van der Waals surface area contributed by atoms with Crippen LogP contribution in [0.1, 0.15) is 32.6 Å². The third kappa shape index (κ3) is 3.20. The average Bonchev–Trinajstić information content (AvgIpc) is 2.27. The maximum Gasteiger partial charge on any atom is 0.242 e. The lowest BCUT2D eigenvalue weighted by molar-refractivity contribution is -0.142. The van der Waals surface area contributed by atoms with Gasteiger partial charge in [0.1, 0.15) is 6.04 Å². The van der Waals surface area contributed by atoms with Gasteiger partial charge in [0.25, 0.3) is 0 Å². The summed E-state index contributed by atoms with van der Waals surface area (Å²) < 4.78 is 0. The smallest absolute Gasteiger partial charge is 0.242 e. The van der Waals surface area contributed by atoms with Crippen molar-refractivity contribution in [3.63, 3.8) is 0 Å². The summed E-state index contributed by atoms with van der Waals surface area (Å²) in [5.41, 5.74) is 5.61. The van der Waals surface area contributed by atoms with Crippen molar-refractivity contribution in [3.05, 3.63) is 0 Å². The Morgan fingerprint density at radius 2 is 2.19 bits per heavy atom. The monoisotopic (exact) mass is 227 g/mol. The molecule has 0 saturated carbocycles. The first-order valence-electron chi connectivity index (χ1n) is 5.83. The zero-order valence-electron chi connectivity index (χ0n) is 10.0. The molecule has 2 atom stereocenters. The van der Waals surface area contributed by atoms with Gasteiger partial charge in [-0.3, -0.25) is 9.59 Å². The van der Waals surface area contributed by atoms with Crippen LogP contribution in [0.2, 0.25) is 0 Å². The van der Waals surface area contributed by atoms with Crippen molar-refractivity contribution < 1.29 is 9.59 Å².